The third-order valence-corrected chi connectivity index (χ3v) is 3.80. The van der Waals surface area contributed by atoms with Crippen LogP contribution in [0.25, 0.3) is 0 Å². The van der Waals surface area contributed by atoms with E-state index in [1.165, 1.54) is 24.8 Å². The third kappa shape index (κ3) is 6.23. The molecule has 1 aromatic heterocycles. The lowest BCUT2D eigenvalue weighted by atomic mass is 10.0. The molecule has 1 fully saturated rings. The minimum absolute atomic E-state index is 0.129. The van der Waals surface area contributed by atoms with E-state index in [0.29, 0.717) is 17.4 Å². The number of carbonyl (C=O) groups is 1. The second kappa shape index (κ2) is 9.09. The van der Waals surface area contributed by atoms with Gasteiger partial charge in [-0.2, -0.15) is 0 Å². The predicted molar refractivity (Wildman–Crippen MR) is 90.6 cm³/mol. The van der Waals surface area contributed by atoms with Crippen LogP contribution in [0.3, 0.4) is 0 Å². The normalized spacial score (nSPS) is 19.5. The number of rotatable bonds is 3. The van der Waals surface area contributed by atoms with E-state index in [1.807, 2.05) is 0 Å². The van der Waals surface area contributed by atoms with Crippen LogP contribution in [0.5, 0.6) is 0 Å². The smallest absolute Gasteiger partial charge is 0.302 e. The maximum absolute atomic E-state index is 10.6. The van der Waals surface area contributed by atoms with E-state index >= 15 is 0 Å². The molecule has 1 aliphatic rings. The number of hydrazine groups is 1. The van der Waals surface area contributed by atoms with Gasteiger partial charge in [0.2, 0.25) is 0 Å². The topological polar surface area (TPSA) is 118 Å². The number of ether oxygens (including phenoxy) is 1. The summed E-state index contributed by atoms with van der Waals surface area (Å²) in [5.41, 5.74) is 5.90. The van der Waals surface area contributed by atoms with Crippen LogP contribution in [-0.4, -0.2) is 34.9 Å². The lowest BCUT2D eigenvalue weighted by Crippen LogP contribution is -2.33. The van der Waals surface area contributed by atoms with Crippen molar-refractivity contribution in [2.24, 2.45) is 11.8 Å². The van der Waals surface area contributed by atoms with Crippen molar-refractivity contribution in [3.8, 4) is 0 Å². The molecule has 1 heterocycles. The predicted octanol–water partition coefficient (Wildman–Crippen LogP) is 1.92. The largest absolute Gasteiger partial charge is 0.462 e. The van der Waals surface area contributed by atoms with Crippen molar-refractivity contribution in [3.05, 3.63) is 23.9 Å². The summed E-state index contributed by atoms with van der Waals surface area (Å²) in [6.45, 7) is 3.65. The van der Waals surface area contributed by atoms with Crippen molar-refractivity contribution >= 4 is 17.6 Å². The number of nitrogens with one attached hydrogen (secondary N) is 1. The fraction of sp³-hybridized carbons (Fsp3) is 0.562. The molecule has 7 heteroatoms. The Kier molecular flexibility index (Phi) is 7.47. The first-order chi connectivity index (χ1) is 10.8. The summed E-state index contributed by atoms with van der Waals surface area (Å²) >= 11 is 0. The van der Waals surface area contributed by atoms with Crippen LogP contribution >= 0.6 is 0 Å². The van der Waals surface area contributed by atoms with Gasteiger partial charge in [0.25, 0.3) is 0 Å². The fourth-order valence-corrected chi connectivity index (χ4v) is 2.60. The van der Waals surface area contributed by atoms with Crippen molar-refractivity contribution in [1.29, 1.82) is 5.41 Å². The number of carbonyl (C=O) groups excluding carboxylic acids is 1. The maximum atomic E-state index is 10.6. The van der Waals surface area contributed by atoms with Gasteiger partial charge in [-0.25, -0.2) is 10.8 Å². The Hall–Kier alpha value is -2.15. The van der Waals surface area contributed by atoms with Crippen LogP contribution in [0, 0.1) is 11.3 Å². The van der Waals surface area contributed by atoms with Crippen molar-refractivity contribution < 1.29 is 9.53 Å². The first-order valence-electron chi connectivity index (χ1n) is 7.82. The Morgan fingerprint density at radius 1 is 1.48 bits per heavy atom. The molecule has 0 aliphatic heterocycles. The second-order valence-electron chi connectivity index (χ2n) is 5.65. The van der Waals surface area contributed by atoms with Crippen LogP contribution in [0.15, 0.2) is 18.2 Å². The molecule has 2 atom stereocenters. The Bertz CT molecular complexity index is 533. The molecular formula is C16H27N5O2. The Morgan fingerprint density at radius 2 is 2.17 bits per heavy atom. The molecule has 128 valence electrons. The summed E-state index contributed by atoms with van der Waals surface area (Å²) in [5, 5.41) is 8.65. The lowest BCUT2D eigenvalue weighted by molar-refractivity contribution is -0.148. The number of nitrogen functional groups attached to an aromatic ring is 1. The molecule has 1 aromatic rings. The molecule has 0 radical (unpaired) electrons. The molecule has 5 N–H and O–H groups in total. The van der Waals surface area contributed by atoms with Crippen LogP contribution in [0.1, 0.15) is 45.2 Å². The van der Waals surface area contributed by atoms with E-state index in [-0.39, 0.29) is 17.9 Å². The van der Waals surface area contributed by atoms with Gasteiger partial charge in [0, 0.05) is 14.0 Å². The van der Waals surface area contributed by atoms with Gasteiger partial charge in [-0.05, 0) is 43.7 Å². The monoisotopic (exact) mass is 321 g/mol. The SMILES string of the molecule is CCC1CCCC1OC(C)=O.CN(N)C(=N)c1cccc(N)n1. The number of esters is 1. The van der Waals surface area contributed by atoms with Crippen LogP contribution in [0.4, 0.5) is 5.82 Å². The van der Waals surface area contributed by atoms with Gasteiger partial charge < -0.3 is 10.5 Å². The molecular weight excluding hydrogens is 294 g/mol. The van der Waals surface area contributed by atoms with Gasteiger partial charge in [-0.1, -0.05) is 13.0 Å². The number of pyridine rings is 1. The zero-order valence-electron chi connectivity index (χ0n) is 14.1. The standard InChI is InChI=1S/C9H16O2.C7H11N5/c1-3-8-5-4-6-9(8)11-7(2)10;1-12(10)7(9)5-3-2-4-6(8)11-5/h8-9H,3-6H2,1-2H3;2-4,9H,10H2,1H3,(H2,8,11). The van der Waals surface area contributed by atoms with Crippen molar-refractivity contribution in [2.45, 2.75) is 45.6 Å². The van der Waals surface area contributed by atoms with Crippen molar-refractivity contribution in [1.82, 2.24) is 9.99 Å². The third-order valence-electron chi connectivity index (χ3n) is 3.80. The molecule has 1 saturated carbocycles. The van der Waals surface area contributed by atoms with Crippen LogP contribution in [0.2, 0.25) is 0 Å². The molecule has 2 unspecified atom stereocenters. The summed E-state index contributed by atoms with van der Waals surface area (Å²) < 4.78 is 5.18. The molecule has 2 rings (SSSR count). The molecule has 0 bridgehead atoms. The van der Waals surface area contributed by atoms with Gasteiger partial charge in [0.1, 0.15) is 17.6 Å². The average molecular weight is 321 g/mol. The van der Waals surface area contributed by atoms with E-state index in [2.05, 4.69) is 11.9 Å². The van der Waals surface area contributed by atoms with E-state index < -0.39 is 0 Å². The molecule has 7 nitrogen and oxygen atoms in total. The quantitative estimate of drug-likeness (QED) is 0.257. The Labute approximate surface area is 137 Å². The minimum atomic E-state index is -0.129. The van der Waals surface area contributed by atoms with Gasteiger partial charge in [-0.3, -0.25) is 15.2 Å². The summed E-state index contributed by atoms with van der Waals surface area (Å²) in [6.07, 6.45) is 4.87. The first-order valence-corrected chi connectivity index (χ1v) is 7.82. The summed E-state index contributed by atoms with van der Waals surface area (Å²) in [4.78, 5) is 14.6. The number of hydrogen-bond donors (Lipinski definition) is 3. The van der Waals surface area contributed by atoms with E-state index in [9.17, 15) is 4.79 Å². The maximum Gasteiger partial charge on any atom is 0.302 e. The highest BCUT2D eigenvalue weighted by atomic mass is 16.5. The fourth-order valence-electron chi connectivity index (χ4n) is 2.60. The lowest BCUT2D eigenvalue weighted by Gasteiger charge is -2.17. The van der Waals surface area contributed by atoms with E-state index in [1.54, 1.807) is 25.2 Å². The van der Waals surface area contributed by atoms with Gasteiger partial charge >= 0.3 is 5.97 Å². The molecule has 0 aromatic carbocycles. The molecule has 1 aliphatic carbocycles. The highest BCUT2D eigenvalue weighted by Crippen LogP contribution is 2.30. The van der Waals surface area contributed by atoms with Crippen molar-refractivity contribution in [2.75, 3.05) is 12.8 Å². The number of hydrogen-bond acceptors (Lipinski definition) is 6. The highest BCUT2D eigenvalue weighted by Gasteiger charge is 2.27. The van der Waals surface area contributed by atoms with Gasteiger partial charge in [0.05, 0.1) is 0 Å². The number of amidine groups is 1. The van der Waals surface area contributed by atoms with E-state index in [0.717, 1.165) is 12.8 Å². The minimum Gasteiger partial charge on any atom is -0.462 e. The number of nitrogens with two attached hydrogens (primary N) is 2. The zero-order valence-corrected chi connectivity index (χ0v) is 14.1. The number of nitrogens with zero attached hydrogens (tertiary/aromatic N) is 2. The Balaban J connectivity index is 0.000000231. The average Bonchev–Trinajstić information content (AvgIpc) is 2.93. The summed E-state index contributed by atoms with van der Waals surface area (Å²) in [6, 6.07) is 5.07. The molecule has 0 spiro atoms. The molecule has 0 saturated heterocycles. The number of aromatic nitrogens is 1. The zero-order chi connectivity index (χ0) is 17.4. The first kappa shape index (κ1) is 18.9. The van der Waals surface area contributed by atoms with Gasteiger partial charge in [0.15, 0.2) is 5.84 Å². The number of anilines is 1. The van der Waals surface area contributed by atoms with Crippen molar-refractivity contribution in [3.63, 3.8) is 0 Å². The van der Waals surface area contributed by atoms with Gasteiger partial charge in [-0.15, -0.1) is 0 Å². The summed E-state index contributed by atoms with van der Waals surface area (Å²) in [5.74, 6) is 6.37. The molecule has 0 amide bonds. The highest BCUT2D eigenvalue weighted by molar-refractivity contribution is 5.94. The van der Waals surface area contributed by atoms with E-state index in [4.69, 9.17) is 21.7 Å². The van der Waals surface area contributed by atoms with Crippen LogP contribution in [-0.2, 0) is 9.53 Å². The second-order valence-corrected chi connectivity index (χ2v) is 5.65. The summed E-state index contributed by atoms with van der Waals surface area (Å²) in [7, 11) is 1.58. The Morgan fingerprint density at radius 3 is 2.70 bits per heavy atom. The van der Waals surface area contributed by atoms with Crippen LogP contribution < -0.4 is 11.6 Å². The molecule has 23 heavy (non-hydrogen) atoms.